The van der Waals surface area contributed by atoms with Crippen LogP contribution in [0.15, 0.2) is 0 Å². The van der Waals surface area contributed by atoms with Crippen molar-refractivity contribution in [3.05, 3.63) is 0 Å². The van der Waals surface area contributed by atoms with Crippen LogP contribution in [0.1, 0.15) is 46.5 Å². The van der Waals surface area contributed by atoms with E-state index in [2.05, 4.69) is 13.8 Å². The molecule has 0 heterocycles. The Morgan fingerprint density at radius 2 is 1.73 bits per heavy atom. The van der Waals surface area contributed by atoms with Crippen LogP contribution in [0.5, 0.6) is 0 Å². The summed E-state index contributed by atoms with van der Waals surface area (Å²) in [4.78, 5) is 13.7. The molecule has 1 N–H and O–H groups in total. The van der Waals surface area contributed by atoms with Crippen LogP contribution in [0.4, 0.5) is 0 Å². The summed E-state index contributed by atoms with van der Waals surface area (Å²) in [5, 5.41) is 9.00. The molecule has 0 saturated carbocycles. The first-order valence-corrected chi connectivity index (χ1v) is 5.95. The summed E-state index contributed by atoms with van der Waals surface area (Å²) < 4.78 is 0. The molecule has 1 amide bonds. The van der Waals surface area contributed by atoms with Gasteiger partial charge in [-0.3, -0.25) is 4.79 Å². The van der Waals surface area contributed by atoms with Crippen LogP contribution in [0.3, 0.4) is 0 Å². The summed E-state index contributed by atoms with van der Waals surface area (Å²) in [5.74, 6) is 0.319. The third-order valence-electron chi connectivity index (χ3n) is 2.90. The highest BCUT2D eigenvalue weighted by molar-refractivity contribution is 5.78. The molecule has 0 aliphatic carbocycles. The number of amides is 1. The van der Waals surface area contributed by atoms with E-state index in [1.165, 1.54) is 0 Å². The monoisotopic (exact) mass is 215 g/mol. The van der Waals surface area contributed by atoms with Crippen molar-refractivity contribution in [3.8, 4) is 0 Å². The van der Waals surface area contributed by atoms with Crippen LogP contribution in [0.2, 0.25) is 0 Å². The second kappa shape index (κ2) is 7.69. The van der Waals surface area contributed by atoms with Gasteiger partial charge < -0.3 is 10.0 Å². The summed E-state index contributed by atoms with van der Waals surface area (Å²) in [5.41, 5.74) is 0. The number of rotatable bonds is 7. The summed E-state index contributed by atoms with van der Waals surface area (Å²) in [6.07, 6.45) is 3.99. The van der Waals surface area contributed by atoms with E-state index < -0.39 is 0 Å². The Morgan fingerprint density at radius 1 is 1.27 bits per heavy atom. The van der Waals surface area contributed by atoms with Gasteiger partial charge in [0.25, 0.3) is 0 Å². The van der Waals surface area contributed by atoms with E-state index in [0.717, 1.165) is 25.7 Å². The van der Waals surface area contributed by atoms with Gasteiger partial charge in [0.05, 0.1) is 12.6 Å². The molecular weight excluding hydrogens is 190 g/mol. The van der Waals surface area contributed by atoms with Gasteiger partial charge in [0, 0.05) is 13.0 Å². The van der Waals surface area contributed by atoms with E-state index in [1.807, 2.05) is 6.92 Å². The molecule has 0 aromatic rings. The molecule has 1 unspecified atom stereocenters. The van der Waals surface area contributed by atoms with Crippen molar-refractivity contribution >= 4 is 5.91 Å². The molecule has 0 aromatic heterocycles. The van der Waals surface area contributed by atoms with Gasteiger partial charge in [-0.2, -0.15) is 0 Å². The van der Waals surface area contributed by atoms with Gasteiger partial charge in [-0.1, -0.05) is 26.7 Å². The lowest BCUT2D eigenvalue weighted by Gasteiger charge is -2.27. The topological polar surface area (TPSA) is 40.5 Å². The number of carbonyl (C=O) groups excluding carboxylic acids is 1. The van der Waals surface area contributed by atoms with Crippen molar-refractivity contribution in [1.82, 2.24) is 4.90 Å². The zero-order chi connectivity index (χ0) is 11.8. The van der Waals surface area contributed by atoms with Crippen molar-refractivity contribution in [2.45, 2.75) is 52.5 Å². The summed E-state index contributed by atoms with van der Waals surface area (Å²) >= 11 is 0. The lowest BCUT2D eigenvalue weighted by Crippen LogP contribution is -2.41. The van der Waals surface area contributed by atoms with E-state index in [1.54, 1.807) is 11.9 Å². The minimum Gasteiger partial charge on any atom is -0.394 e. The molecule has 0 rings (SSSR count). The van der Waals surface area contributed by atoms with Gasteiger partial charge in [-0.05, 0) is 19.8 Å². The predicted octanol–water partition coefficient (Wildman–Crippen LogP) is 2.04. The lowest BCUT2D eigenvalue weighted by atomic mass is 9.96. The molecule has 0 bridgehead atoms. The Morgan fingerprint density at radius 3 is 2.07 bits per heavy atom. The Labute approximate surface area is 93.5 Å². The molecule has 0 aliphatic heterocycles. The summed E-state index contributed by atoms with van der Waals surface area (Å²) in [7, 11) is 1.78. The SMILES string of the molecule is CCCC(CCC)C(=O)N(C)C(C)CO. The van der Waals surface area contributed by atoms with Gasteiger partial charge in [0.2, 0.25) is 5.91 Å². The molecule has 0 saturated heterocycles. The third-order valence-corrected chi connectivity index (χ3v) is 2.90. The van der Waals surface area contributed by atoms with Crippen molar-refractivity contribution in [1.29, 1.82) is 0 Å². The highest BCUT2D eigenvalue weighted by atomic mass is 16.3. The number of hydrogen-bond acceptors (Lipinski definition) is 2. The van der Waals surface area contributed by atoms with Crippen LogP contribution in [-0.4, -0.2) is 35.6 Å². The average Bonchev–Trinajstić information content (AvgIpc) is 2.25. The largest absolute Gasteiger partial charge is 0.394 e. The second-order valence-corrected chi connectivity index (χ2v) is 4.26. The highest BCUT2D eigenvalue weighted by Crippen LogP contribution is 2.17. The first-order chi connectivity index (χ1) is 7.08. The van der Waals surface area contributed by atoms with Crippen molar-refractivity contribution in [2.75, 3.05) is 13.7 Å². The van der Waals surface area contributed by atoms with Crippen LogP contribution >= 0.6 is 0 Å². The number of nitrogens with zero attached hydrogens (tertiary/aromatic N) is 1. The molecule has 3 nitrogen and oxygen atoms in total. The Kier molecular flexibility index (Phi) is 7.39. The van der Waals surface area contributed by atoms with Gasteiger partial charge in [-0.15, -0.1) is 0 Å². The highest BCUT2D eigenvalue weighted by Gasteiger charge is 2.23. The molecule has 3 heteroatoms. The minimum absolute atomic E-state index is 0.0349. The van der Waals surface area contributed by atoms with E-state index in [0.29, 0.717) is 0 Å². The van der Waals surface area contributed by atoms with E-state index in [-0.39, 0.29) is 24.5 Å². The van der Waals surface area contributed by atoms with Gasteiger partial charge in [0.15, 0.2) is 0 Å². The van der Waals surface area contributed by atoms with Gasteiger partial charge >= 0.3 is 0 Å². The van der Waals surface area contributed by atoms with Crippen LogP contribution in [0, 0.1) is 5.92 Å². The van der Waals surface area contributed by atoms with E-state index >= 15 is 0 Å². The fourth-order valence-corrected chi connectivity index (χ4v) is 1.72. The summed E-state index contributed by atoms with van der Waals surface area (Å²) in [6, 6.07) is -0.0753. The van der Waals surface area contributed by atoms with Crippen LogP contribution < -0.4 is 0 Å². The first-order valence-electron chi connectivity index (χ1n) is 5.95. The molecule has 0 aromatic carbocycles. The molecule has 15 heavy (non-hydrogen) atoms. The fraction of sp³-hybridized carbons (Fsp3) is 0.917. The molecular formula is C12H25NO2. The van der Waals surface area contributed by atoms with E-state index in [9.17, 15) is 4.79 Å². The smallest absolute Gasteiger partial charge is 0.225 e. The number of likely N-dealkylation sites (N-methyl/N-ethyl adjacent to an activating group) is 1. The molecule has 1 atom stereocenters. The normalized spacial score (nSPS) is 12.9. The standard InChI is InChI=1S/C12H25NO2/c1-5-7-11(8-6-2)12(15)13(4)10(3)9-14/h10-11,14H,5-9H2,1-4H3. The lowest BCUT2D eigenvalue weighted by molar-refractivity contribution is -0.137. The molecule has 0 spiro atoms. The van der Waals surface area contributed by atoms with Crippen LogP contribution in [0.25, 0.3) is 0 Å². The first kappa shape index (κ1) is 14.4. The molecule has 90 valence electrons. The Hall–Kier alpha value is -0.570. The number of hydrogen-bond donors (Lipinski definition) is 1. The molecule has 0 fully saturated rings. The van der Waals surface area contributed by atoms with Crippen LogP contribution in [-0.2, 0) is 4.79 Å². The minimum atomic E-state index is -0.0753. The maximum atomic E-state index is 12.0. The zero-order valence-electron chi connectivity index (χ0n) is 10.5. The van der Waals surface area contributed by atoms with E-state index in [4.69, 9.17) is 5.11 Å². The average molecular weight is 215 g/mol. The quantitative estimate of drug-likeness (QED) is 0.706. The van der Waals surface area contributed by atoms with Crippen molar-refractivity contribution in [3.63, 3.8) is 0 Å². The Balaban J connectivity index is 4.33. The number of carbonyl (C=O) groups is 1. The molecule has 0 radical (unpaired) electrons. The maximum Gasteiger partial charge on any atom is 0.225 e. The van der Waals surface area contributed by atoms with Gasteiger partial charge in [0.1, 0.15) is 0 Å². The van der Waals surface area contributed by atoms with Gasteiger partial charge in [-0.25, -0.2) is 0 Å². The Bertz CT molecular complexity index is 176. The zero-order valence-corrected chi connectivity index (χ0v) is 10.5. The number of aliphatic hydroxyl groups is 1. The molecule has 0 aliphatic rings. The number of aliphatic hydroxyl groups excluding tert-OH is 1. The fourth-order valence-electron chi connectivity index (χ4n) is 1.72. The predicted molar refractivity (Wildman–Crippen MR) is 62.6 cm³/mol. The van der Waals surface area contributed by atoms with Crippen molar-refractivity contribution in [2.24, 2.45) is 5.92 Å². The van der Waals surface area contributed by atoms with Crippen molar-refractivity contribution < 1.29 is 9.90 Å². The maximum absolute atomic E-state index is 12.0. The summed E-state index contributed by atoms with van der Waals surface area (Å²) in [6.45, 7) is 6.11. The third kappa shape index (κ3) is 4.65. The second-order valence-electron chi connectivity index (χ2n) is 4.26.